The first-order valence-electron chi connectivity index (χ1n) is 22.7. The van der Waals surface area contributed by atoms with Gasteiger partial charge in [0.15, 0.2) is 6.10 Å². The first-order chi connectivity index (χ1) is 28.6. The summed E-state index contributed by atoms with van der Waals surface area (Å²) in [5.41, 5.74) is 0. The fourth-order valence-electron chi connectivity index (χ4n) is 7.18. The Bertz CT molecular complexity index is 1200. The number of phosphoric acid groups is 2. The normalized spacial score (nSPS) is 22.4. The van der Waals surface area contributed by atoms with Gasteiger partial charge in [0.05, 0.1) is 6.61 Å². The number of thiol groups is 1. The van der Waals surface area contributed by atoms with Crippen molar-refractivity contribution in [2.45, 2.75) is 229 Å². The second-order valence-electron chi connectivity index (χ2n) is 16.2. The van der Waals surface area contributed by atoms with Crippen LogP contribution >= 0.6 is 28.3 Å². The Morgan fingerprint density at radius 3 is 1.32 bits per heavy atom. The van der Waals surface area contributed by atoms with E-state index in [2.05, 4.69) is 24.1 Å². The molecule has 1 aliphatic rings. The van der Waals surface area contributed by atoms with Crippen molar-refractivity contribution in [1.82, 2.24) is 0 Å². The van der Waals surface area contributed by atoms with E-state index in [-0.39, 0.29) is 12.8 Å². The zero-order chi connectivity index (χ0) is 44.7. The molecule has 7 N–H and O–H groups in total. The average molecular weight is 923 g/mol. The zero-order valence-electron chi connectivity index (χ0n) is 36.1. The third-order valence-corrected chi connectivity index (χ3v) is 12.6. The number of hydrogen-bond donors (Lipinski definition) is 8. The highest BCUT2D eigenvalue weighted by atomic mass is 32.1. The molecule has 8 atom stereocenters. The first kappa shape index (κ1) is 57.4. The molecule has 60 heavy (non-hydrogen) atoms. The van der Waals surface area contributed by atoms with Crippen LogP contribution in [0.15, 0.2) is 0 Å². The van der Waals surface area contributed by atoms with Crippen LogP contribution in [-0.4, -0.2) is 109 Å². The Balaban J connectivity index is 2.60. The number of ether oxygens (including phenoxy) is 2. The van der Waals surface area contributed by atoms with Gasteiger partial charge < -0.3 is 44.6 Å². The van der Waals surface area contributed by atoms with Crippen molar-refractivity contribution in [2.75, 3.05) is 19.0 Å². The Labute approximate surface area is 364 Å². The number of carbonyl (C=O) groups is 2. The lowest BCUT2D eigenvalue weighted by Crippen LogP contribution is -2.64. The van der Waals surface area contributed by atoms with Crippen molar-refractivity contribution in [2.24, 2.45) is 0 Å². The quantitative estimate of drug-likeness (QED) is 0.0127. The average Bonchev–Trinajstić information content (AvgIpc) is 3.20. The maximum Gasteiger partial charge on any atom is 0.472 e. The van der Waals surface area contributed by atoms with Gasteiger partial charge >= 0.3 is 27.6 Å². The first-order valence-corrected chi connectivity index (χ1v) is 26.4. The van der Waals surface area contributed by atoms with E-state index in [0.717, 1.165) is 57.1 Å². The zero-order valence-corrected chi connectivity index (χ0v) is 38.8. The molecule has 0 aliphatic heterocycles. The van der Waals surface area contributed by atoms with Crippen LogP contribution in [0.4, 0.5) is 0 Å². The molecule has 19 heteroatoms. The molecule has 1 rings (SSSR count). The van der Waals surface area contributed by atoms with Gasteiger partial charge in [0.1, 0.15) is 43.2 Å². The molecule has 0 aromatic carbocycles. The third kappa shape index (κ3) is 28.9. The lowest BCUT2D eigenvalue weighted by Gasteiger charge is -2.43. The van der Waals surface area contributed by atoms with Crippen LogP contribution in [-0.2, 0) is 41.8 Å². The second-order valence-corrected chi connectivity index (χ2v) is 19.3. The number of unbranched alkanes of at least 4 members (excludes halogenated alkanes) is 24. The van der Waals surface area contributed by atoms with Crippen molar-refractivity contribution in [3.8, 4) is 0 Å². The summed E-state index contributed by atoms with van der Waals surface area (Å²) in [5, 5.41) is 41.2. The topological polar surface area (TPSA) is 256 Å². The van der Waals surface area contributed by atoms with Gasteiger partial charge in [-0.1, -0.05) is 155 Å². The minimum Gasteiger partial charge on any atom is -0.462 e. The van der Waals surface area contributed by atoms with Gasteiger partial charge in [0.25, 0.3) is 0 Å². The van der Waals surface area contributed by atoms with Crippen LogP contribution in [0.5, 0.6) is 0 Å². The van der Waals surface area contributed by atoms with Crippen molar-refractivity contribution < 1.29 is 76.9 Å². The summed E-state index contributed by atoms with van der Waals surface area (Å²) in [5.74, 6) is -0.241. The predicted molar refractivity (Wildman–Crippen MR) is 231 cm³/mol. The molecule has 1 saturated carbocycles. The minimum atomic E-state index is -5.36. The van der Waals surface area contributed by atoms with Crippen LogP contribution in [0.1, 0.15) is 187 Å². The number of esters is 2. The molecule has 1 fully saturated rings. The number of aliphatic hydroxyl groups excluding tert-OH is 4. The van der Waals surface area contributed by atoms with E-state index in [9.17, 15) is 44.0 Å². The Morgan fingerprint density at radius 2 is 0.900 bits per heavy atom. The standard InChI is InChI=1S/C41H80O16P2S/c1-2-3-4-5-6-7-8-10-14-17-20-23-26-29-35(43)55-33(31-53-34(42)28-25-22-19-16-13-11-9-12-15-18-21-24-27-30-60)32-54-59(51,52)57-41-38(46)36(44)37(45)40(39(41)47)56-58(48,49)50/h33,36-41,44-47,60H,2-32H2,1H3,(H,51,52)(H2,48,49,50)/t33-,36+,37?,38+,39?,40-,41?/m1/s1. The predicted octanol–water partition coefficient (Wildman–Crippen LogP) is 7.75. The summed E-state index contributed by atoms with van der Waals surface area (Å²) in [6, 6.07) is 0. The molecule has 0 aromatic rings. The summed E-state index contributed by atoms with van der Waals surface area (Å²) >= 11 is 4.25. The van der Waals surface area contributed by atoms with E-state index >= 15 is 0 Å². The molecule has 4 unspecified atom stereocenters. The molecule has 0 saturated heterocycles. The number of carbonyl (C=O) groups excluding carboxylic acids is 2. The Kier molecular flexibility index (Phi) is 33.2. The highest BCUT2D eigenvalue weighted by Crippen LogP contribution is 2.49. The summed E-state index contributed by atoms with van der Waals surface area (Å²) in [4.78, 5) is 54.1. The van der Waals surface area contributed by atoms with Gasteiger partial charge in [-0.3, -0.25) is 23.2 Å². The van der Waals surface area contributed by atoms with Crippen molar-refractivity contribution in [3.63, 3.8) is 0 Å². The van der Waals surface area contributed by atoms with Crippen LogP contribution in [0.2, 0.25) is 0 Å². The fourth-order valence-corrected chi connectivity index (χ4v) is 8.95. The van der Waals surface area contributed by atoms with E-state index in [4.69, 9.17) is 28.3 Å². The van der Waals surface area contributed by atoms with Crippen molar-refractivity contribution in [1.29, 1.82) is 0 Å². The van der Waals surface area contributed by atoms with Gasteiger partial charge in [0.2, 0.25) is 0 Å². The van der Waals surface area contributed by atoms with Gasteiger partial charge in [-0.25, -0.2) is 9.13 Å². The number of aliphatic hydroxyl groups is 4. The summed E-state index contributed by atoms with van der Waals surface area (Å²) in [6.45, 7) is 0.883. The van der Waals surface area contributed by atoms with E-state index in [1.54, 1.807) is 0 Å². The van der Waals surface area contributed by atoms with Crippen LogP contribution in [0.25, 0.3) is 0 Å². The molecule has 1 aliphatic carbocycles. The molecule has 0 heterocycles. The SMILES string of the molecule is CCCCCCCCCCCCCCCC(=O)O[C@H](COC(=O)CCCCCCCCCCCCCCCS)COP(=O)(O)OC1C(O)[C@H](OP(=O)(O)O)C(O)[C@H](O)[C@@H]1O. The molecule has 0 spiro atoms. The van der Waals surface area contributed by atoms with Gasteiger partial charge in [-0.05, 0) is 25.0 Å². The minimum absolute atomic E-state index is 0.0494. The van der Waals surface area contributed by atoms with Gasteiger partial charge in [-0.15, -0.1) is 0 Å². The van der Waals surface area contributed by atoms with E-state index < -0.39 is 83.5 Å². The maximum absolute atomic E-state index is 12.9. The molecule has 16 nitrogen and oxygen atoms in total. The lowest BCUT2D eigenvalue weighted by atomic mass is 9.85. The van der Waals surface area contributed by atoms with Crippen molar-refractivity contribution >= 4 is 40.2 Å². The monoisotopic (exact) mass is 922 g/mol. The molecular formula is C41H80O16P2S. The molecule has 0 radical (unpaired) electrons. The van der Waals surface area contributed by atoms with E-state index in [1.807, 2.05) is 0 Å². The van der Waals surface area contributed by atoms with Gasteiger partial charge in [-0.2, -0.15) is 12.6 Å². The second kappa shape index (κ2) is 34.7. The Hall–Kier alpha value is -0.650. The van der Waals surface area contributed by atoms with Crippen molar-refractivity contribution in [3.05, 3.63) is 0 Å². The molecule has 0 amide bonds. The number of rotatable bonds is 39. The molecule has 356 valence electrons. The number of phosphoric ester groups is 2. The smallest absolute Gasteiger partial charge is 0.462 e. The molecule has 0 aromatic heterocycles. The van der Waals surface area contributed by atoms with Crippen LogP contribution in [0.3, 0.4) is 0 Å². The number of hydrogen-bond acceptors (Lipinski definition) is 14. The van der Waals surface area contributed by atoms with E-state index in [0.29, 0.717) is 12.8 Å². The van der Waals surface area contributed by atoms with Gasteiger partial charge in [0, 0.05) is 12.8 Å². The molecular weight excluding hydrogens is 842 g/mol. The van der Waals surface area contributed by atoms with Crippen LogP contribution in [0, 0.1) is 0 Å². The Morgan fingerprint density at radius 1 is 0.517 bits per heavy atom. The summed E-state index contributed by atoms with van der Waals surface area (Å²) in [6.07, 6.45) is 14.7. The molecule has 0 bridgehead atoms. The summed E-state index contributed by atoms with van der Waals surface area (Å²) < 4.78 is 49.3. The fraction of sp³-hybridized carbons (Fsp3) is 0.951. The summed E-state index contributed by atoms with van der Waals surface area (Å²) in [7, 11) is -10.7. The van der Waals surface area contributed by atoms with E-state index in [1.165, 1.54) is 103 Å². The van der Waals surface area contributed by atoms with Crippen LogP contribution < -0.4 is 0 Å². The third-order valence-electron chi connectivity index (χ3n) is 10.7. The maximum atomic E-state index is 12.9. The highest BCUT2D eigenvalue weighted by Gasteiger charge is 2.54. The largest absolute Gasteiger partial charge is 0.472 e. The highest BCUT2D eigenvalue weighted by molar-refractivity contribution is 7.80. The lowest BCUT2D eigenvalue weighted by molar-refractivity contribution is -0.216.